The highest BCUT2D eigenvalue weighted by atomic mass is 14.9. The van der Waals surface area contributed by atoms with Crippen molar-refractivity contribution in [3.8, 4) is 12.3 Å². The van der Waals surface area contributed by atoms with Crippen LogP contribution < -0.4 is 5.32 Å². The summed E-state index contributed by atoms with van der Waals surface area (Å²) in [6, 6.07) is 11.1. The highest BCUT2D eigenvalue weighted by Gasteiger charge is 2.35. The molecule has 1 heteroatoms. The van der Waals surface area contributed by atoms with Crippen molar-refractivity contribution >= 4 is 0 Å². The van der Waals surface area contributed by atoms with Crippen molar-refractivity contribution < 1.29 is 0 Å². The zero-order valence-corrected chi connectivity index (χ0v) is 11.2. The molecule has 0 aromatic heterocycles. The monoisotopic (exact) mass is 229 g/mol. The van der Waals surface area contributed by atoms with Crippen molar-refractivity contribution in [1.29, 1.82) is 0 Å². The summed E-state index contributed by atoms with van der Waals surface area (Å²) in [5.41, 5.74) is 1.53. The largest absolute Gasteiger partial charge is 0.315 e. The predicted octanol–water partition coefficient (Wildman–Crippen LogP) is 3.36. The smallest absolute Gasteiger partial charge is 0.0270 e. The molecule has 0 aliphatic heterocycles. The fourth-order valence-electron chi connectivity index (χ4n) is 2.81. The molecule has 92 valence electrons. The van der Waals surface area contributed by atoms with Gasteiger partial charge in [-0.25, -0.2) is 0 Å². The van der Waals surface area contributed by atoms with E-state index >= 15 is 0 Å². The average Bonchev–Trinajstić information content (AvgIpc) is 2.40. The molecule has 0 amide bonds. The summed E-state index contributed by atoms with van der Waals surface area (Å²) in [4.78, 5) is 0. The van der Waals surface area contributed by atoms with Gasteiger partial charge in [0.15, 0.2) is 0 Å². The number of nitrogens with one attached hydrogen (secondary N) is 1. The summed E-state index contributed by atoms with van der Waals surface area (Å²) < 4.78 is 0. The van der Waals surface area contributed by atoms with Crippen molar-refractivity contribution in [2.24, 2.45) is 0 Å². The van der Waals surface area contributed by atoms with Crippen LogP contribution in [0.3, 0.4) is 0 Å². The van der Waals surface area contributed by atoms with Gasteiger partial charge in [-0.3, -0.25) is 0 Å². The number of hydrogen-bond donors (Lipinski definition) is 1. The van der Waals surface area contributed by atoms with Crippen molar-refractivity contribution in [2.75, 3.05) is 7.05 Å². The topological polar surface area (TPSA) is 12.0 Å². The molecule has 1 nitrogen and oxygen atoms in total. The van der Waals surface area contributed by atoms with Crippen molar-refractivity contribution in [1.82, 2.24) is 5.32 Å². The van der Waals surface area contributed by atoms with E-state index in [0.717, 1.165) is 19.3 Å². The minimum absolute atomic E-state index is 0.141. The van der Waals surface area contributed by atoms with Crippen LogP contribution in [0.25, 0.3) is 0 Å². The van der Waals surface area contributed by atoms with Gasteiger partial charge in [0, 0.05) is 17.9 Å². The van der Waals surface area contributed by atoms with E-state index in [2.05, 4.69) is 55.4 Å². The van der Waals surface area contributed by atoms with Crippen LogP contribution in [0.2, 0.25) is 0 Å². The molecular formula is C16H23N. The third kappa shape index (κ3) is 2.70. The van der Waals surface area contributed by atoms with Gasteiger partial charge in [0.25, 0.3) is 0 Å². The van der Waals surface area contributed by atoms with E-state index in [1.54, 1.807) is 0 Å². The van der Waals surface area contributed by atoms with Crippen LogP contribution in [-0.4, -0.2) is 13.1 Å². The Labute approximate surface area is 106 Å². The van der Waals surface area contributed by atoms with Gasteiger partial charge in [-0.05, 0) is 25.5 Å². The van der Waals surface area contributed by atoms with Crippen molar-refractivity contribution in [3.63, 3.8) is 0 Å². The van der Waals surface area contributed by atoms with E-state index in [9.17, 15) is 0 Å². The van der Waals surface area contributed by atoms with Crippen LogP contribution in [0, 0.1) is 12.3 Å². The first-order valence-electron chi connectivity index (χ1n) is 6.41. The summed E-state index contributed by atoms with van der Waals surface area (Å²) in [5, 5.41) is 3.40. The summed E-state index contributed by atoms with van der Waals surface area (Å²) in [6.45, 7) is 4.49. The summed E-state index contributed by atoms with van der Waals surface area (Å²) >= 11 is 0. The Morgan fingerprint density at radius 1 is 1.24 bits per heavy atom. The second-order valence-corrected chi connectivity index (χ2v) is 4.48. The van der Waals surface area contributed by atoms with Crippen LogP contribution in [0.15, 0.2) is 30.3 Å². The lowest BCUT2D eigenvalue weighted by Crippen LogP contribution is -2.46. The van der Waals surface area contributed by atoms with Gasteiger partial charge < -0.3 is 5.32 Å². The Kier molecular flexibility index (Phi) is 5.25. The van der Waals surface area contributed by atoms with Crippen LogP contribution in [0.4, 0.5) is 0 Å². The second-order valence-electron chi connectivity index (χ2n) is 4.48. The highest BCUT2D eigenvalue weighted by molar-refractivity contribution is 5.28. The highest BCUT2D eigenvalue weighted by Crippen LogP contribution is 2.36. The third-order valence-corrected chi connectivity index (χ3v) is 3.95. The molecule has 0 radical (unpaired) electrons. The second kappa shape index (κ2) is 6.47. The van der Waals surface area contributed by atoms with Gasteiger partial charge in [-0.15, -0.1) is 12.3 Å². The first-order valence-corrected chi connectivity index (χ1v) is 6.41. The molecule has 1 rings (SSSR count). The molecule has 17 heavy (non-hydrogen) atoms. The Morgan fingerprint density at radius 2 is 1.82 bits per heavy atom. The lowest BCUT2D eigenvalue weighted by molar-refractivity contribution is 0.286. The molecule has 0 heterocycles. The van der Waals surface area contributed by atoms with Gasteiger partial charge in [-0.1, -0.05) is 44.2 Å². The zero-order valence-electron chi connectivity index (χ0n) is 11.2. The molecule has 0 aliphatic carbocycles. The van der Waals surface area contributed by atoms with Crippen molar-refractivity contribution in [2.45, 2.75) is 44.6 Å². The molecule has 1 unspecified atom stereocenters. The van der Waals surface area contributed by atoms with E-state index < -0.39 is 0 Å². The SMILES string of the molecule is C#CCC(NC)C(CC)(CC)c1ccccc1. The summed E-state index contributed by atoms with van der Waals surface area (Å²) in [6.07, 6.45) is 8.47. The average molecular weight is 229 g/mol. The number of rotatable bonds is 6. The first-order chi connectivity index (χ1) is 8.25. The molecule has 0 saturated carbocycles. The van der Waals surface area contributed by atoms with E-state index in [0.29, 0.717) is 6.04 Å². The molecular weight excluding hydrogens is 206 g/mol. The Bertz CT molecular complexity index is 357. The minimum Gasteiger partial charge on any atom is -0.315 e. The molecule has 0 aliphatic rings. The summed E-state index contributed by atoms with van der Waals surface area (Å²) in [5.74, 6) is 2.80. The van der Waals surface area contributed by atoms with Crippen LogP contribution in [-0.2, 0) is 5.41 Å². The first kappa shape index (κ1) is 13.8. The summed E-state index contributed by atoms with van der Waals surface area (Å²) in [7, 11) is 2.00. The van der Waals surface area contributed by atoms with E-state index in [1.165, 1.54) is 5.56 Å². The number of hydrogen-bond acceptors (Lipinski definition) is 1. The quantitative estimate of drug-likeness (QED) is 0.738. The van der Waals surface area contributed by atoms with Crippen molar-refractivity contribution in [3.05, 3.63) is 35.9 Å². The molecule has 0 fully saturated rings. The maximum Gasteiger partial charge on any atom is 0.0270 e. The number of benzene rings is 1. The van der Waals surface area contributed by atoms with E-state index in [4.69, 9.17) is 6.42 Å². The van der Waals surface area contributed by atoms with Gasteiger partial charge >= 0.3 is 0 Å². The Morgan fingerprint density at radius 3 is 2.24 bits per heavy atom. The molecule has 1 atom stereocenters. The minimum atomic E-state index is 0.141. The molecule has 0 spiro atoms. The number of terminal acetylenes is 1. The van der Waals surface area contributed by atoms with E-state index in [1.807, 2.05) is 7.05 Å². The van der Waals surface area contributed by atoms with Gasteiger partial charge in [0.05, 0.1) is 0 Å². The van der Waals surface area contributed by atoms with Crippen LogP contribution in [0.1, 0.15) is 38.7 Å². The molecule has 1 N–H and O–H groups in total. The number of likely N-dealkylation sites (N-methyl/N-ethyl adjacent to an activating group) is 1. The lowest BCUT2D eigenvalue weighted by Gasteiger charge is -2.39. The third-order valence-electron chi connectivity index (χ3n) is 3.95. The standard InChI is InChI=1S/C16H23N/c1-5-11-15(17-4)16(6-2,7-3)14-12-9-8-10-13-14/h1,8-10,12-13,15,17H,6-7,11H2,2-4H3. The predicted molar refractivity (Wildman–Crippen MR) is 75.0 cm³/mol. The van der Waals surface area contributed by atoms with Gasteiger partial charge in [-0.2, -0.15) is 0 Å². The fourth-order valence-corrected chi connectivity index (χ4v) is 2.81. The van der Waals surface area contributed by atoms with E-state index in [-0.39, 0.29) is 5.41 Å². The molecule has 0 bridgehead atoms. The zero-order chi connectivity index (χ0) is 12.7. The molecule has 1 aromatic carbocycles. The normalized spacial score (nSPS) is 13.1. The Hall–Kier alpha value is -1.26. The Balaban J connectivity index is 3.17. The van der Waals surface area contributed by atoms with Gasteiger partial charge in [0.2, 0.25) is 0 Å². The molecule has 1 aromatic rings. The van der Waals surface area contributed by atoms with Gasteiger partial charge in [0.1, 0.15) is 0 Å². The maximum atomic E-state index is 5.50. The maximum absolute atomic E-state index is 5.50. The lowest BCUT2D eigenvalue weighted by atomic mass is 9.69. The van der Waals surface area contributed by atoms with Crippen LogP contribution >= 0.6 is 0 Å². The fraction of sp³-hybridized carbons (Fsp3) is 0.500. The molecule has 0 saturated heterocycles. The van der Waals surface area contributed by atoms with Crippen LogP contribution in [0.5, 0.6) is 0 Å².